The number of carbonyl (C=O) groups excluding carboxylic acids is 2. The lowest BCUT2D eigenvalue weighted by atomic mass is 10.0. The number of methoxy groups -OCH3 is 1. The molecule has 1 aromatic carbocycles. The van der Waals surface area contributed by atoms with Crippen molar-refractivity contribution in [2.24, 2.45) is 0 Å². The molecule has 6 nitrogen and oxygen atoms in total. The highest BCUT2D eigenvalue weighted by molar-refractivity contribution is 5.94. The first-order valence-corrected chi connectivity index (χ1v) is 7.53. The number of nitrogens with zero attached hydrogens (tertiary/aromatic N) is 2. The summed E-state index contributed by atoms with van der Waals surface area (Å²) in [5.74, 6) is -0.728. The van der Waals surface area contributed by atoms with Crippen molar-refractivity contribution in [3.05, 3.63) is 29.6 Å². The molecule has 2 amide bonds. The Morgan fingerprint density at radius 3 is 2.48 bits per heavy atom. The van der Waals surface area contributed by atoms with Gasteiger partial charge in [0.2, 0.25) is 0 Å². The predicted octanol–water partition coefficient (Wildman–Crippen LogP) is 1.85. The van der Waals surface area contributed by atoms with Gasteiger partial charge in [-0.1, -0.05) is 0 Å². The van der Waals surface area contributed by atoms with Crippen LogP contribution in [0.2, 0.25) is 0 Å². The van der Waals surface area contributed by atoms with Gasteiger partial charge in [-0.2, -0.15) is 0 Å². The lowest BCUT2D eigenvalue weighted by molar-refractivity contribution is 0.0892. The number of anilines is 1. The first-order valence-electron chi connectivity index (χ1n) is 7.53. The van der Waals surface area contributed by atoms with E-state index in [4.69, 9.17) is 0 Å². The van der Waals surface area contributed by atoms with Gasteiger partial charge in [-0.3, -0.25) is 4.79 Å². The Kier molecular flexibility index (Phi) is 5.41. The zero-order chi connectivity index (χ0) is 17.0. The number of hydrogen-bond acceptors (Lipinski definition) is 4. The minimum Gasteiger partial charge on any atom is -0.453 e. The van der Waals surface area contributed by atoms with Crippen LogP contribution in [0.1, 0.15) is 23.2 Å². The van der Waals surface area contributed by atoms with Crippen LogP contribution in [0.3, 0.4) is 0 Å². The molecule has 1 aromatic rings. The van der Waals surface area contributed by atoms with Gasteiger partial charge in [-0.05, 0) is 31.0 Å². The third kappa shape index (κ3) is 4.12. The highest BCUT2D eigenvalue weighted by Crippen LogP contribution is 2.19. The molecule has 0 aliphatic carbocycles. The van der Waals surface area contributed by atoms with Crippen molar-refractivity contribution in [1.29, 1.82) is 0 Å². The molecule has 0 unspecified atom stereocenters. The Hall–Kier alpha value is -2.31. The monoisotopic (exact) mass is 323 g/mol. The first kappa shape index (κ1) is 17.1. The summed E-state index contributed by atoms with van der Waals surface area (Å²) < 4.78 is 18.6. The Bertz CT molecular complexity index is 584. The van der Waals surface area contributed by atoms with Crippen LogP contribution in [0.5, 0.6) is 0 Å². The van der Waals surface area contributed by atoms with Gasteiger partial charge in [0.05, 0.1) is 12.8 Å². The van der Waals surface area contributed by atoms with Crippen molar-refractivity contribution in [3.63, 3.8) is 0 Å². The van der Waals surface area contributed by atoms with Crippen molar-refractivity contribution in [2.45, 2.75) is 18.9 Å². The fourth-order valence-corrected chi connectivity index (χ4v) is 2.62. The van der Waals surface area contributed by atoms with Crippen molar-refractivity contribution < 1.29 is 18.7 Å². The van der Waals surface area contributed by atoms with Crippen molar-refractivity contribution in [3.8, 4) is 0 Å². The lowest BCUT2D eigenvalue weighted by Gasteiger charge is -2.31. The van der Waals surface area contributed by atoms with Gasteiger partial charge < -0.3 is 19.9 Å². The van der Waals surface area contributed by atoms with E-state index in [9.17, 15) is 14.0 Å². The number of nitrogens with one attached hydrogen (secondary N) is 1. The number of ether oxygens (including phenoxy) is 1. The molecule has 7 heteroatoms. The van der Waals surface area contributed by atoms with Crippen LogP contribution in [0.15, 0.2) is 18.2 Å². The van der Waals surface area contributed by atoms with Crippen LogP contribution in [-0.2, 0) is 4.74 Å². The average Bonchev–Trinajstić information content (AvgIpc) is 2.54. The van der Waals surface area contributed by atoms with E-state index in [0.717, 1.165) is 0 Å². The van der Waals surface area contributed by atoms with E-state index in [0.29, 0.717) is 37.2 Å². The normalized spacial score (nSPS) is 15.2. The smallest absolute Gasteiger partial charge is 0.409 e. The Balaban J connectivity index is 1.93. The summed E-state index contributed by atoms with van der Waals surface area (Å²) in [4.78, 5) is 26.9. The lowest BCUT2D eigenvalue weighted by Crippen LogP contribution is -2.46. The van der Waals surface area contributed by atoms with Crippen LogP contribution in [0.4, 0.5) is 14.9 Å². The first-order chi connectivity index (χ1) is 10.9. The maximum atomic E-state index is 13.9. The quantitative estimate of drug-likeness (QED) is 0.922. The summed E-state index contributed by atoms with van der Waals surface area (Å²) in [5.41, 5.74) is 0.733. The fraction of sp³-hybridized carbons (Fsp3) is 0.500. The third-order valence-corrected chi connectivity index (χ3v) is 3.95. The summed E-state index contributed by atoms with van der Waals surface area (Å²) in [6, 6.07) is 4.41. The van der Waals surface area contributed by atoms with Crippen molar-refractivity contribution >= 4 is 17.7 Å². The number of rotatable bonds is 3. The molecule has 0 atom stereocenters. The van der Waals surface area contributed by atoms with Crippen molar-refractivity contribution in [2.75, 3.05) is 39.2 Å². The standard InChI is InChI=1S/C16H22FN3O3/c1-19(2)14-5-4-11(10-13(14)17)15(21)18-12-6-8-20(9-7-12)16(22)23-3/h4-5,10,12H,6-9H2,1-3H3,(H,18,21). The van der Waals surface area contributed by atoms with Gasteiger partial charge >= 0.3 is 6.09 Å². The van der Waals surface area contributed by atoms with Gasteiger partial charge in [0, 0.05) is 38.8 Å². The van der Waals surface area contributed by atoms with Gasteiger partial charge in [0.15, 0.2) is 0 Å². The highest BCUT2D eigenvalue weighted by atomic mass is 19.1. The minimum atomic E-state index is -0.428. The molecule has 23 heavy (non-hydrogen) atoms. The van der Waals surface area contributed by atoms with Crippen LogP contribution in [0.25, 0.3) is 0 Å². The second kappa shape index (κ2) is 7.30. The summed E-state index contributed by atoms with van der Waals surface area (Å²) in [6.07, 6.45) is 0.953. The van der Waals surface area contributed by atoms with E-state index < -0.39 is 5.82 Å². The fourth-order valence-electron chi connectivity index (χ4n) is 2.62. The molecule has 126 valence electrons. The number of halogens is 1. The summed E-state index contributed by atoms with van der Waals surface area (Å²) >= 11 is 0. The molecule has 1 aliphatic heterocycles. The number of piperidine rings is 1. The van der Waals surface area contributed by atoms with E-state index in [-0.39, 0.29) is 18.0 Å². The van der Waals surface area contributed by atoms with Gasteiger partial charge in [0.1, 0.15) is 5.82 Å². The third-order valence-electron chi connectivity index (χ3n) is 3.95. The minimum absolute atomic E-state index is 0.0278. The van der Waals surface area contributed by atoms with E-state index in [1.54, 1.807) is 36.0 Å². The maximum Gasteiger partial charge on any atom is 0.409 e. The topological polar surface area (TPSA) is 61.9 Å². The summed E-state index contributed by atoms with van der Waals surface area (Å²) in [6.45, 7) is 1.07. The molecule has 1 heterocycles. The molecular weight excluding hydrogens is 301 g/mol. The Labute approximate surface area is 135 Å². The largest absolute Gasteiger partial charge is 0.453 e. The van der Waals surface area contributed by atoms with E-state index >= 15 is 0 Å². The molecule has 0 saturated carbocycles. The molecule has 1 fully saturated rings. The average molecular weight is 323 g/mol. The number of benzene rings is 1. The second-order valence-electron chi connectivity index (χ2n) is 5.77. The van der Waals surface area contributed by atoms with E-state index in [1.165, 1.54) is 13.2 Å². The van der Waals surface area contributed by atoms with E-state index in [2.05, 4.69) is 10.1 Å². The van der Waals surface area contributed by atoms with Crippen LogP contribution in [0, 0.1) is 5.82 Å². The van der Waals surface area contributed by atoms with E-state index in [1.807, 2.05) is 0 Å². The SMILES string of the molecule is COC(=O)N1CCC(NC(=O)c2ccc(N(C)C)c(F)c2)CC1. The molecule has 0 aromatic heterocycles. The number of carbonyl (C=O) groups is 2. The zero-order valence-electron chi connectivity index (χ0n) is 13.6. The van der Waals surface area contributed by atoms with Crippen LogP contribution >= 0.6 is 0 Å². The second-order valence-corrected chi connectivity index (χ2v) is 5.77. The number of amides is 2. The Morgan fingerprint density at radius 2 is 1.96 bits per heavy atom. The highest BCUT2D eigenvalue weighted by Gasteiger charge is 2.24. The molecule has 1 saturated heterocycles. The maximum absolute atomic E-state index is 13.9. The summed E-state index contributed by atoms with van der Waals surface area (Å²) in [5, 5.41) is 2.89. The van der Waals surface area contributed by atoms with Gasteiger partial charge in [-0.15, -0.1) is 0 Å². The number of hydrogen-bond donors (Lipinski definition) is 1. The predicted molar refractivity (Wildman–Crippen MR) is 85.2 cm³/mol. The number of likely N-dealkylation sites (tertiary alicyclic amines) is 1. The van der Waals surface area contributed by atoms with Crippen molar-refractivity contribution in [1.82, 2.24) is 10.2 Å². The molecule has 1 aliphatic rings. The zero-order valence-corrected chi connectivity index (χ0v) is 13.6. The molecule has 0 spiro atoms. The van der Waals surface area contributed by atoms with Gasteiger partial charge in [-0.25, -0.2) is 9.18 Å². The molecule has 0 bridgehead atoms. The molecule has 2 rings (SSSR count). The Morgan fingerprint density at radius 1 is 1.30 bits per heavy atom. The molecule has 1 N–H and O–H groups in total. The molecular formula is C16H22FN3O3. The van der Waals surface area contributed by atoms with Crippen LogP contribution in [-0.4, -0.2) is 57.2 Å². The van der Waals surface area contributed by atoms with Crippen LogP contribution < -0.4 is 10.2 Å². The van der Waals surface area contributed by atoms with Gasteiger partial charge in [0.25, 0.3) is 5.91 Å². The summed E-state index contributed by atoms with van der Waals surface area (Å²) in [7, 11) is 4.84. The molecule has 0 radical (unpaired) electrons.